The first kappa shape index (κ1) is 24.4. The number of amides is 2. The Kier molecular flexibility index (Phi) is 7.63. The van der Waals surface area contributed by atoms with Crippen molar-refractivity contribution in [1.82, 2.24) is 14.8 Å². The number of fused-ring (bicyclic) bond motifs is 1. The number of hydrogen-bond acceptors (Lipinski definition) is 4. The SMILES string of the molecule is COc1ccc(C)cc1NC(=O)N[C@@H](CCC(C)C)c1c(-n2cccc2)sc2c1CCN(C)C2. The fourth-order valence-corrected chi connectivity index (χ4v) is 6.04. The van der Waals surface area contributed by atoms with Crippen molar-refractivity contribution in [2.75, 3.05) is 26.0 Å². The van der Waals surface area contributed by atoms with Crippen molar-refractivity contribution in [2.24, 2.45) is 5.92 Å². The van der Waals surface area contributed by atoms with Crippen LogP contribution < -0.4 is 15.4 Å². The molecule has 1 aliphatic heterocycles. The van der Waals surface area contributed by atoms with Gasteiger partial charge in [0, 0.05) is 35.9 Å². The molecule has 1 atom stereocenters. The Morgan fingerprint density at radius 2 is 1.97 bits per heavy atom. The largest absolute Gasteiger partial charge is 0.495 e. The van der Waals surface area contributed by atoms with Crippen molar-refractivity contribution in [1.29, 1.82) is 0 Å². The Balaban J connectivity index is 1.68. The van der Waals surface area contributed by atoms with Gasteiger partial charge in [-0.05, 0) is 74.5 Å². The molecule has 2 aromatic heterocycles. The lowest BCUT2D eigenvalue weighted by molar-refractivity contribution is 0.247. The van der Waals surface area contributed by atoms with E-state index in [9.17, 15) is 4.79 Å². The van der Waals surface area contributed by atoms with Crippen molar-refractivity contribution in [3.05, 3.63) is 64.3 Å². The molecule has 0 aliphatic carbocycles. The van der Waals surface area contributed by atoms with Crippen LogP contribution in [0.25, 0.3) is 5.00 Å². The predicted molar refractivity (Wildman–Crippen MR) is 140 cm³/mol. The second-order valence-corrected chi connectivity index (χ2v) is 10.7. The molecule has 0 spiro atoms. The topological polar surface area (TPSA) is 58.5 Å². The Bertz CT molecular complexity index is 1120. The van der Waals surface area contributed by atoms with Gasteiger partial charge in [0.25, 0.3) is 0 Å². The number of anilines is 1. The molecule has 0 unspecified atom stereocenters. The number of thiophene rings is 1. The normalized spacial score (nSPS) is 14.6. The van der Waals surface area contributed by atoms with Crippen molar-refractivity contribution < 1.29 is 9.53 Å². The van der Waals surface area contributed by atoms with E-state index in [0.29, 0.717) is 17.4 Å². The molecule has 3 aromatic rings. The standard InChI is InChI=1S/C27H36N4O2S/c1-18(2)8-10-21(28-27(32)29-22-16-19(3)9-11-23(22)33-5)25-20-12-15-30(4)17-24(20)34-26(25)31-13-6-7-14-31/h6-7,9,11,13-14,16,18,21H,8,10,12,15,17H2,1-5H3,(H2,28,29,32)/t21-/m0/s1. The van der Waals surface area contributed by atoms with Gasteiger partial charge < -0.3 is 24.8 Å². The molecule has 0 radical (unpaired) electrons. The third kappa shape index (κ3) is 5.47. The molecule has 6 nitrogen and oxygen atoms in total. The Labute approximate surface area is 206 Å². The number of aryl methyl sites for hydroxylation is 1. The molecule has 1 aromatic carbocycles. The van der Waals surface area contributed by atoms with Crippen molar-refractivity contribution in [3.8, 4) is 10.8 Å². The first-order valence-electron chi connectivity index (χ1n) is 12.0. The minimum absolute atomic E-state index is 0.0704. The number of methoxy groups -OCH3 is 1. The number of benzene rings is 1. The summed E-state index contributed by atoms with van der Waals surface area (Å²) in [6, 6.07) is 9.64. The number of carbonyl (C=O) groups is 1. The average Bonchev–Trinajstić information content (AvgIpc) is 3.44. The number of carbonyl (C=O) groups excluding carboxylic acids is 1. The van der Waals surface area contributed by atoms with E-state index in [1.54, 1.807) is 7.11 Å². The maximum atomic E-state index is 13.3. The first-order chi connectivity index (χ1) is 16.4. The van der Waals surface area contributed by atoms with Crippen LogP contribution in [0.2, 0.25) is 0 Å². The van der Waals surface area contributed by atoms with Gasteiger partial charge in [0.05, 0.1) is 18.8 Å². The number of rotatable bonds is 8. The number of nitrogens with zero attached hydrogens (tertiary/aromatic N) is 2. The number of likely N-dealkylation sites (N-methyl/N-ethyl adjacent to an activating group) is 1. The summed E-state index contributed by atoms with van der Waals surface area (Å²) in [6.07, 6.45) is 7.13. The highest BCUT2D eigenvalue weighted by atomic mass is 32.1. The van der Waals surface area contributed by atoms with Crippen molar-refractivity contribution >= 4 is 23.1 Å². The fourth-order valence-electron chi connectivity index (χ4n) is 4.59. The molecule has 0 saturated heterocycles. The molecule has 2 N–H and O–H groups in total. The fraction of sp³-hybridized carbons (Fsp3) is 0.444. The predicted octanol–water partition coefficient (Wildman–Crippen LogP) is 6.14. The summed E-state index contributed by atoms with van der Waals surface area (Å²) in [5, 5.41) is 7.58. The molecule has 2 amide bonds. The highest BCUT2D eigenvalue weighted by Gasteiger charge is 2.29. The van der Waals surface area contributed by atoms with E-state index >= 15 is 0 Å². The van der Waals surface area contributed by atoms with Crippen LogP contribution in [0.3, 0.4) is 0 Å². The van der Waals surface area contributed by atoms with Crippen LogP contribution in [0.1, 0.15) is 54.3 Å². The second kappa shape index (κ2) is 10.7. The lowest BCUT2D eigenvalue weighted by atomic mass is 9.92. The number of urea groups is 1. The van der Waals surface area contributed by atoms with E-state index in [2.05, 4.69) is 65.5 Å². The van der Waals surface area contributed by atoms with Crippen LogP contribution in [0.4, 0.5) is 10.5 Å². The van der Waals surface area contributed by atoms with Gasteiger partial charge in [0.2, 0.25) is 0 Å². The van der Waals surface area contributed by atoms with E-state index in [0.717, 1.165) is 37.9 Å². The third-order valence-corrected chi connectivity index (χ3v) is 7.64. The van der Waals surface area contributed by atoms with Crippen LogP contribution >= 0.6 is 11.3 Å². The zero-order valence-electron chi connectivity index (χ0n) is 20.9. The summed E-state index contributed by atoms with van der Waals surface area (Å²) in [4.78, 5) is 17.0. The molecule has 0 fully saturated rings. The average molecular weight is 481 g/mol. The molecule has 0 saturated carbocycles. The molecule has 3 heterocycles. The van der Waals surface area contributed by atoms with E-state index in [-0.39, 0.29) is 12.1 Å². The maximum Gasteiger partial charge on any atom is 0.319 e. The molecule has 182 valence electrons. The highest BCUT2D eigenvalue weighted by Crippen LogP contribution is 2.41. The Morgan fingerprint density at radius 3 is 2.68 bits per heavy atom. The summed E-state index contributed by atoms with van der Waals surface area (Å²) < 4.78 is 7.66. The van der Waals surface area contributed by atoms with Gasteiger partial charge in [-0.25, -0.2) is 4.79 Å². The number of aromatic nitrogens is 1. The third-order valence-electron chi connectivity index (χ3n) is 6.40. The molecule has 0 bridgehead atoms. The van der Waals surface area contributed by atoms with Crippen LogP contribution in [-0.4, -0.2) is 36.2 Å². The molecular formula is C27H36N4O2S. The van der Waals surface area contributed by atoms with Crippen molar-refractivity contribution in [2.45, 2.75) is 52.6 Å². The van der Waals surface area contributed by atoms with Crippen molar-refractivity contribution in [3.63, 3.8) is 0 Å². The van der Waals surface area contributed by atoms with Gasteiger partial charge in [0.1, 0.15) is 10.8 Å². The van der Waals surface area contributed by atoms with E-state index in [4.69, 9.17) is 4.74 Å². The van der Waals surface area contributed by atoms with E-state index in [1.165, 1.54) is 21.0 Å². The molecule has 4 rings (SSSR count). The molecule has 34 heavy (non-hydrogen) atoms. The van der Waals surface area contributed by atoms with Crippen LogP contribution in [0.5, 0.6) is 5.75 Å². The number of ether oxygens (including phenoxy) is 1. The van der Waals surface area contributed by atoms with E-state index < -0.39 is 0 Å². The van der Waals surface area contributed by atoms with E-state index in [1.807, 2.05) is 36.5 Å². The minimum Gasteiger partial charge on any atom is -0.495 e. The minimum atomic E-state index is -0.205. The first-order valence-corrected chi connectivity index (χ1v) is 12.9. The monoisotopic (exact) mass is 480 g/mol. The lowest BCUT2D eigenvalue weighted by Gasteiger charge is -2.26. The summed E-state index contributed by atoms with van der Waals surface area (Å²) in [7, 11) is 3.80. The summed E-state index contributed by atoms with van der Waals surface area (Å²) in [5.41, 5.74) is 4.44. The van der Waals surface area contributed by atoms with Gasteiger partial charge in [0.15, 0.2) is 0 Å². The van der Waals surface area contributed by atoms with Gasteiger partial charge in [-0.15, -0.1) is 11.3 Å². The lowest BCUT2D eigenvalue weighted by Crippen LogP contribution is -2.34. The van der Waals surface area contributed by atoms with Crippen LogP contribution in [0, 0.1) is 12.8 Å². The molecule has 1 aliphatic rings. The molecule has 7 heteroatoms. The Morgan fingerprint density at radius 1 is 1.21 bits per heavy atom. The number of hydrogen-bond donors (Lipinski definition) is 2. The zero-order chi connectivity index (χ0) is 24.2. The maximum absolute atomic E-state index is 13.3. The van der Waals surface area contributed by atoms with Gasteiger partial charge in [-0.1, -0.05) is 19.9 Å². The van der Waals surface area contributed by atoms with Gasteiger partial charge in [-0.3, -0.25) is 0 Å². The quantitative estimate of drug-likeness (QED) is 0.407. The van der Waals surface area contributed by atoms with Gasteiger partial charge in [-0.2, -0.15) is 0 Å². The molecular weight excluding hydrogens is 444 g/mol. The highest BCUT2D eigenvalue weighted by molar-refractivity contribution is 7.15. The summed E-state index contributed by atoms with van der Waals surface area (Å²) in [5.74, 6) is 1.21. The Hall–Kier alpha value is -2.77. The smallest absolute Gasteiger partial charge is 0.319 e. The van der Waals surface area contributed by atoms with Crippen LogP contribution in [0.15, 0.2) is 42.7 Å². The summed E-state index contributed by atoms with van der Waals surface area (Å²) in [6.45, 7) is 8.47. The summed E-state index contributed by atoms with van der Waals surface area (Å²) >= 11 is 1.85. The number of nitrogens with one attached hydrogen (secondary N) is 2. The van der Waals surface area contributed by atoms with Crippen LogP contribution in [-0.2, 0) is 13.0 Å². The van der Waals surface area contributed by atoms with Gasteiger partial charge >= 0.3 is 6.03 Å². The second-order valence-electron chi connectivity index (χ2n) is 9.63. The zero-order valence-corrected chi connectivity index (χ0v) is 21.7.